The second-order valence-electron chi connectivity index (χ2n) is 2.26. The molecule has 0 saturated carbocycles. The van der Waals surface area contributed by atoms with E-state index in [1.165, 1.54) is 6.07 Å². The quantitative estimate of drug-likeness (QED) is 0.724. The Kier molecular flexibility index (Phi) is 2.20. The van der Waals surface area contributed by atoms with Gasteiger partial charge in [0, 0.05) is 6.26 Å². The van der Waals surface area contributed by atoms with Crippen LogP contribution < -0.4 is 5.73 Å². The second kappa shape index (κ2) is 2.87. The van der Waals surface area contributed by atoms with Gasteiger partial charge in [0.1, 0.15) is 0 Å². The molecule has 4 nitrogen and oxygen atoms in total. The highest BCUT2D eigenvalue weighted by molar-refractivity contribution is 8.06. The Morgan fingerprint density at radius 1 is 1.58 bits per heavy atom. The van der Waals surface area contributed by atoms with E-state index in [2.05, 4.69) is 0 Å². The molecule has 0 unspecified atom stereocenters. The number of nitrogen functional groups attached to an aromatic ring is 1. The van der Waals surface area contributed by atoms with Crippen LogP contribution in [0.5, 0.6) is 0 Å². The number of nitrogens with two attached hydrogens (primary N) is 1. The van der Waals surface area contributed by atoms with E-state index in [9.17, 15) is 13.2 Å². The summed E-state index contributed by atoms with van der Waals surface area (Å²) < 4.78 is 21.6. The summed E-state index contributed by atoms with van der Waals surface area (Å²) in [6.45, 7) is 0. The fourth-order valence-corrected chi connectivity index (χ4v) is 1.97. The molecule has 1 aromatic rings. The van der Waals surface area contributed by atoms with Crippen LogP contribution in [0.3, 0.4) is 0 Å². The van der Waals surface area contributed by atoms with Crippen LogP contribution >= 0.6 is 11.3 Å². The average molecular weight is 205 g/mol. The number of rotatable bonds is 1. The molecule has 0 aliphatic carbocycles. The molecule has 0 fully saturated rings. The summed E-state index contributed by atoms with van der Waals surface area (Å²) in [4.78, 5) is 11.1. The van der Waals surface area contributed by atoms with Gasteiger partial charge in [0.2, 0.25) is 9.84 Å². The van der Waals surface area contributed by atoms with Gasteiger partial charge in [-0.3, -0.25) is 4.79 Å². The molecule has 0 aliphatic rings. The molecule has 0 bridgehead atoms. The Morgan fingerprint density at radius 2 is 2.17 bits per heavy atom. The lowest BCUT2D eigenvalue weighted by molar-refractivity contribution is 0.107. The Morgan fingerprint density at radius 3 is 2.50 bits per heavy atom. The molecule has 0 saturated heterocycles. The highest BCUT2D eigenvalue weighted by Gasteiger charge is 2.20. The van der Waals surface area contributed by atoms with Crippen LogP contribution in [-0.2, 0) is 9.84 Å². The van der Waals surface area contributed by atoms with E-state index in [-0.39, 0.29) is 10.6 Å². The molecule has 0 aromatic carbocycles. The molecular formula is C6H7NO3S2. The first-order valence-electron chi connectivity index (χ1n) is 3.00. The molecule has 1 rings (SSSR count). The fourth-order valence-electron chi connectivity index (χ4n) is 0.689. The van der Waals surface area contributed by atoms with E-state index in [0.29, 0.717) is 0 Å². The number of carbonyl (C=O) groups is 1. The Hall–Kier alpha value is -0.880. The van der Waals surface area contributed by atoms with Crippen molar-refractivity contribution in [2.24, 2.45) is 0 Å². The van der Waals surface area contributed by atoms with Gasteiger partial charge in [-0.05, 0) is 11.4 Å². The van der Waals surface area contributed by atoms with Crippen LogP contribution in [0.25, 0.3) is 0 Å². The Bertz CT molecular complexity index is 404. The lowest BCUT2D eigenvalue weighted by atomic mass is 10.3. The van der Waals surface area contributed by atoms with Gasteiger partial charge >= 0.3 is 0 Å². The largest absolute Gasteiger partial charge is 0.390 e. The fraction of sp³-hybridized carbons (Fsp3) is 0.167. The normalized spacial score (nSPS) is 11.4. The van der Waals surface area contributed by atoms with Crippen molar-refractivity contribution in [1.82, 2.24) is 0 Å². The van der Waals surface area contributed by atoms with Gasteiger partial charge in [0.15, 0.2) is 0 Å². The lowest BCUT2D eigenvalue weighted by Crippen LogP contribution is -2.13. The molecule has 0 aliphatic heterocycles. The molecule has 0 spiro atoms. The third-order valence-electron chi connectivity index (χ3n) is 1.25. The van der Waals surface area contributed by atoms with Crippen LogP contribution in [0.1, 0.15) is 10.4 Å². The van der Waals surface area contributed by atoms with Gasteiger partial charge in [-0.15, -0.1) is 11.3 Å². The molecular weight excluding hydrogens is 198 g/mol. The first-order valence-corrected chi connectivity index (χ1v) is 5.77. The number of anilines is 1. The maximum absolute atomic E-state index is 11.1. The maximum atomic E-state index is 11.1. The molecule has 1 aromatic heterocycles. The van der Waals surface area contributed by atoms with Gasteiger partial charge in [-0.2, -0.15) is 0 Å². The predicted molar refractivity (Wildman–Crippen MR) is 47.9 cm³/mol. The Labute approximate surface area is 73.9 Å². The number of sulfone groups is 1. The minimum atomic E-state index is -3.66. The zero-order valence-electron chi connectivity index (χ0n) is 6.27. The third-order valence-corrected chi connectivity index (χ3v) is 2.89. The van der Waals surface area contributed by atoms with Gasteiger partial charge in [0.05, 0.1) is 10.6 Å². The van der Waals surface area contributed by atoms with Crippen LogP contribution in [0.15, 0.2) is 11.4 Å². The molecule has 2 N–H and O–H groups in total. The van der Waals surface area contributed by atoms with Gasteiger partial charge in [-0.25, -0.2) is 8.42 Å². The monoisotopic (exact) mass is 205 g/mol. The van der Waals surface area contributed by atoms with E-state index in [4.69, 9.17) is 5.73 Å². The molecule has 66 valence electrons. The second-order valence-corrected chi connectivity index (χ2v) is 5.12. The third kappa shape index (κ3) is 1.64. The van der Waals surface area contributed by atoms with E-state index < -0.39 is 15.0 Å². The number of carbonyl (C=O) groups excluding carboxylic acids is 1. The summed E-state index contributed by atoms with van der Waals surface area (Å²) >= 11 is 1.14. The first-order chi connectivity index (χ1) is 5.43. The van der Waals surface area contributed by atoms with Crippen molar-refractivity contribution in [2.75, 3.05) is 12.0 Å². The topological polar surface area (TPSA) is 77.2 Å². The number of hydrogen-bond acceptors (Lipinski definition) is 5. The highest BCUT2D eigenvalue weighted by Crippen LogP contribution is 2.20. The highest BCUT2D eigenvalue weighted by atomic mass is 32.2. The Balaban J connectivity index is 3.19. The lowest BCUT2D eigenvalue weighted by Gasteiger charge is -1.94. The smallest absolute Gasteiger partial charge is 0.279 e. The van der Waals surface area contributed by atoms with E-state index >= 15 is 0 Å². The standard InChI is InChI=1S/C6H7NO3S2/c1-12(9,10)6(8)4-2-3-11-5(4)7/h2-3H,7H2,1H3. The van der Waals surface area contributed by atoms with Crippen molar-refractivity contribution in [2.45, 2.75) is 0 Å². The minimum Gasteiger partial charge on any atom is -0.390 e. The average Bonchev–Trinajstić information content (AvgIpc) is 2.31. The van der Waals surface area contributed by atoms with Gasteiger partial charge in [-0.1, -0.05) is 0 Å². The summed E-state index contributed by atoms with van der Waals surface area (Å²) in [5.41, 5.74) is 5.44. The van der Waals surface area contributed by atoms with Crippen molar-refractivity contribution >= 4 is 31.3 Å². The number of thiophene rings is 1. The zero-order valence-corrected chi connectivity index (χ0v) is 7.91. The molecule has 0 radical (unpaired) electrons. The first kappa shape index (κ1) is 9.21. The van der Waals surface area contributed by atoms with Crippen molar-refractivity contribution in [3.05, 3.63) is 17.0 Å². The summed E-state index contributed by atoms with van der Waals surface area (Å²) in [5.74, 6) is 0. The van der Waals surface area contributed by atoms with E-state index in [1.54, 1.807) is 5.38 Å². The van der Waals surface area contributed by atoms with E-state index in [1.807, 2.05) is 0 Å². The number of hydrogen-bond donors (Lipinski definition) is 1. The van der Waals surface area contributed by atoms with E-state index in [0.717, 1.165) is 17.6 Å². The maximum Gasteiger partial charge on any atom is 0.279 e. The molecule has 0 amide bonds. The van der Waals surface area contributed by atoms with Crippen LogP contribution in [-0.4, -0.2) is 19.8 Å². The molecule has 12 heavy (non-hydrogen) atoms. The molecule has 1 heterocycles. The van der Waals surface area contributed by atoms with Crippen molar-refractivity contribution < 1.29 is 13.2 Å². The zero-order chi connectivity index (χ0) is 9.35. The summed E-state index contributed by atoms with van der Waals surface area (Å²) in [5, 5.41) is 0.903. The summed E-state index contributed by atoms with van der Waals surface area (Å²) in [7, 11) is -3.66. The van der Waals surface area contributed by atoms with Gasteiger partial charge < -0.3 is 5.73 Å². The van der Waals surface area contributed by atoms with Crippen molar-refractivity contribution in [3.63, 3.8) is 0 Å². The summed E-state index contributed by atoms with van der Waals surface area (Å²) in [6, 6.07) is 1.41. The summed E-state index contributed by atoms with van der Waals surface area (Å²) in [6.07, 6.45) is 0.867. The minimum absolute atomic E-state index is 0.0718. The van der Waals surface area contributed by atoms with Crippen LogP contribution in [0.2, 0.25) is 0 Å². The van der Waals surface area contributed by atoms with Crippen molar-refractivity contribution in [1.29, 1.82) is 0 Å². The van der Waals surface area contributed by atoms with Crippen LogP contribution in [0.4, 0.5) is 5.00 Å². The molecule has 0 atom stereocenters. The van der Waals surface area contributed by atoms with Crippen LogP contribution in [0, 0.1) is 0 Å². The van der Waals surface area contributed by atoms with Gasteiger partial charge in [0.25, 0.3) is 5.12 Å². The van der Waals surface area contributed by atoms with Crippen molar-refractivity contribution in [3.8, 4) is 0 Å². The predicted octanol–water partition coefficient (Wildman–Crippen LogP) is 0.515. The molecule has 6 heteroatoms. The SMILES string of the molecule is CS(=O)(=O)C(=O)c1ccsc1N.